The molecular formula is C16H20O2. The lowest BCUT2D eigenvalue weighted by atomic mass is 9.90. The number of carbonyl (C=O) groups excluding carboxylic acids is 1. The molecule has 96 valence electrons. The van der Waals surface area contributed by atoms with E-state index in [0.29, 0.717) is 12.5 Å². The van der Waals surface area contributed by atoms with Gasteiger partial charge in [0.15, 0.2) is 0 Å². The van der Waals surface area contributed by atoms with Crippen LogP contribution in [-0.2, 0) is 9.53 Å². The third kappa shape index (κ3) is 2.63. The molecule has 0 spiro atoms. The van der Waals surface area contributed by atoms with E-state index in [2.05, 4.69) is 19.1 Å². The Morgan fingerprint density at radius 2 is 2.00 bits per heavy atom. The van der Waals surface area contributed by atoms with Gasteiger partial charge in [-0.05, 0) is 31.7 Å². The molecule has 1 aromatic rings. The third-order valence-corrected chi connectivity index (χ3v) is 3.60. The molecule has 1 atom stereocenters. The number of allylic oxidation sites excluding steroid dienone is 1. The first kappa shape index (κ1) is 12.9. The van der Waals surface area contributed by atoms with Crippen LogP contribution in [0.3, 0.4) is 0 Å². The molecule has 0 fully saturated rings. The Balaban J connectivity index is 2.25. The predicted molar refractivity (Wildman–Crippen MR) is 72.4 cm³/mol. The summed E-state index contributed by atoms with van der Waals surface area (Å²) in [4.78, 5) is 11.9. The van der Waals surface area contributed by atoms with E-state index >= 15 is 0 Å². The first-order valence-electron chi connectivity index (χ1n) is 6.68. The summed E-state index contributed by atoms with van der Waals surface area (Å²) < 4.78 is 5.15. The second-order valence-corrected chi connectivity index (χ2v) is 4.71. The second-order valence-electron chi connectivity index (χ2n) is 4.71. The van der Waals surface area contributed by atoms with Gasteiger partial charge in [-0.15, -0.1) is 0 Å². The van der Waals surface area contributed by atoms with Gasteiger partial charge in [0.2, 0.25) is 0 Å². The molecule has 0 saturated carbocycles. The smallest absolute Gasteiger partial charge is 0.333 e. The predicted octanol–water partition coefficient (Wildman–Crippen LogP) is 3.83. The summed E-state index contributed by atoms with van der Waals surface area (Å²) in [6.07, 6.45) is 2.95. The monoisotopic (exact) mass is 244 g/mol. The fraction of sp³-hybridized carbons (Fsp3) is 0.438. The molecular weight excluding hydrogens is 224 g/mol. The Labute approximate surface area is 109 Å². The first-order valence-corrected chi connectivity index (χ1v) is 6.68. The van der Waals surface area contributed by atoms with Crippen LogP contribution in [0.4, 0.5) is 0 Å². The number of carbonyl (C=O) groups is 1. The molecule has 1 aromatic carbocycles. The summed E-state index contributed by atoms with van der Waals surface area (Å²) >= 11 is 0. The van der Waals surface area contributed by atoms with Gasteiger partial charge in [0.05, 0.1) is 6.61 Å². The van der Waals surface area contributed by atoms with Crippen molar-refractivity contribution in [1.29, 1.82) is 0 Å². The first-order chi connectivity index (χ1) is 8.74. The highest BCUT2D eigenvalue weighted by molar-refractivity contribution is 5.90. The minimum absolute atomic E-state index is 0.118. The van der Waals surface area contributed by atoms with E-state index in [9.17, 15) is 4.79 Å². The summed E-state index contributed by atoms with van der Waals surface area (Å²) in [5.41, 5.74) is 3.45. The zero-order chi connectivity index (χ0) is 13.0. The van der Waals surface area contributed by atoms with Crippen LogP contribution in [0.5, 0.6) is 0 Å². The van der Waals surface area contributed by atoms with E-state index in [0.717, 1.165) is 24.8 Å². The van der Waals surface area contributed by atoms with E-state index in [4.69, 9.17) is 4.74 Å². The molecule has 0 amide bonds. The summed E-state index contributed by atoms with van der Waals surface area (Å²) in [5, 5.41) is 0. The van der Waals surface area contributed by atoms with Crippen molar-refractivity contribution in [2.75, 3.05) is 6.61 Å². The van der Waals surface area contributed by atoms with Crippen molar-refractivity contribution in [1.82, 2.24) is 0 Å². The SMILES string of the molecule is CCOC(=O)C1=C([C@@H](C)c2ccccc2)CCC1. The van der Waals surface area contributed by atoms with Gasteiger partial charge < -0.3 is 4.74 Å². The lowest BCUT2D eigenvalue weighted by Gasteiger charge is -2.15. The Hall–Kier alpha value is -1.57. The number of rotatable bonds is 4. The zero-order valence-electron chi connectivity index (χ0n) is 11.1. The maximum atomic E-state index is 11.9. The molecule has 0 saturated heterocycles. The zero-order valence-corrected chi connectivity index (χ0v) is 11.1. The van der Waals surface area contributed by atoms with Gasteiger partial charge in [0, 0.05) is 11.5 Å². The van der Waals surface area contributed by atoms with E-state index in [1.165, 1.54) is 11.1 Å². The molecule has 0 aromatic heterocycles. The highest BCUT2D eigenvalue weighted by Crippen LogP contribution is 2.37. The maximum Gasteiger partial charge on any atom is 0.333 e. The number of benzene rings is 1. The van der Waals surface area contributed by atoms with E-state index in [1.807, 2.05) is 25.1 Å². The van der Waals surface area contributed by atoms with Crippen molar-refractivity contribution in [3.63, 3.8) is 0 Å². The summed E-state index contributed by atoms with van der Waals surface area (Å²) in [7, 11) is 0. The standard InChI is InChI=1S/C16H20O2/c1-3-18-16(17)15-11-7-10-14(15)12(2)13-8-5-4-6-9-13/h4-6,8-9,12H,3,7,10-11H2,1-2H3/t12-/m0/s1. The van der Waals surface area contributed by atoms with Crippen molar-refractivity contribution in [3.8, 4) is 0 Å². The van der Waals surface area contributed by atoms with Crippen LogP contribution in [0.2, 0.25) is 0 Å². The molecule has 2 heteroatoms. The van der Waals surface area contributed by atoms with Crippen LogP contribution in [0.1, 0.15) is 44.6 Å². The number of ether oxygens (including phenoxy) is 1. The Bertz CT molecular complexity index is 445. The van der Waals surface area contributed by atoms with Crippen LogP contribution in [0.25, 0.3) is 0 Å². The second kappa shape index (κ2) is 5.85. The molecule has 1 aliphatic rings. The lowest BCUT2D eigenvalue weighted by molar-refractivity contribution is -0.138. The molecule has 0 radical (unpaired) electrons. The molecule has 2 rings (SSSR count). The van der Waals surface area contributed by atoms with Crippen LogP contribution in [0, 0.1) is 0 Å². The largest absolute Gasteiger partial charge is 0.463 e. The van der Waals surface area contributed by atoms with Gasteiger partial charge in [-0.25, -0.2) is 4.79 Å². The summed E-state index contributed by atoms with van der Waals surface area (Å²) in [6.45, 7) is 4.48. The van der Waals surface area contributed by atoms with Gasteiger partial charge in [0.1, 0.15) is 0 Å². The van der Waals surface area contributed by atoms with Crippen molar-refractivity contribution in [2.24, 2.45) is 0 Å². The molecule has 2 nitrogen and oxygen atoms in total. The Morgan fingerprint density at radius 1 is 1.28 bits per heavy atom. The van der Waals surface area contributed by atoms with Crippen LogP contribution < -0.4 is 0 Å². The molecule has 0 N–H and O–H groups in total. The minimum atomic E-state index is -0.118. The highest BCUT2D eigenvalue weighted by Gasteiger charge is 2.25. The van der Waals surface area contributed by atoms with Crippen LogP contribution >= 0.6 is 0 Å². The molecule has 0 bridgehead atoms. The molecule has 18 heavy (non-hydrogen) atoms. The average molecular weight is 244 g/mol. The van der Waals surface area contributed by atoms with Gasteiger partial charge in [-0.2, -0.15) is 0 Å². The highest BCUT2D eigenvalue weighted by atomic mass is 16.5. The number of esters is 1. The van der Waals surface area contributed by atoms with Crippen LogP contribution in [-0.4, -0.2) is 12.6 Å². The van der Waals surface area contributed by atoms with Gasteiger partial charge in [0.25, 0.3) is 0 Å². The van der Waals surface area contributed by atoms with Crippen LogP contribution in [0.15, 0.2) is 41.5 Å². The summed E-state index contributed by atoms with van der Waals surface area (Å²) in [6, 6.07) is 10.4. The minimum Gasteiger partial charge on any atom is -0.463 e. The lowest BCUT2D eigenvalue weighted by Crippen LogP contribution is -2.09. The number of hydrogen-bond acceptors (Lipinski definition) is 2. The van der Waals surface area contributed by atoms with Crippen molar-refractivity contribution in [3.05, 3.63) is 47.0 Å². The van der Waals surface area contributed by atoms with E-state index < -0.39 is 0 Å². The normalized spacial score (nSPS) is 16.8. The van der Waals surface area contributed by atoms with Crippen molar-refractivity contribution < 1.29 is 9.53 Å². The van der Waals surface area contributed by atoms with Gasteiger partial charge in [-0.1, -0.05) is 42.8 Å². The van der Waals surface area contributed by atoms with E-state index in [1.54, 1.807) is 0 Å². The molecule has 1 aliphatic carbocycles. The van der Waals surface area contributed by atoms with Crippen molar-refractivity contribution in [2.45, 2.75) is 39.0 Å². The topological polar surface area (TPSA) is 26.3 Å². The third-order valence-electron chi connectivity index (χ3n) is 3.60. The number of hydrogen-bond donors (Lipinski definition) is 0. The Kier molecular flexibility index (Phi) is 4.19. The quantitative estimate of drug-likeness (QED) is 0.752. The van der Waals surface area contributed by atoms with Gasteiger partial charge >= 0.3 is 5.97 Å². The fourth-order valence-corrected chi connectivity index (χ4v) is 2.64. The molecule has 0 unspecified atom stereocenters. The fourth-order valence-electron chi connectivity index (χ4n) is 2.64. The van der Waals surface area contributed by atoms with Gasteiger partial charge in [-0.3, -0.25) is 0 Å². The van der Waals surface area contributed by atoms with Crippen molar-refractivity contribution >= 4 is 5.97 Å². The Morgan fingerprint density at radius 3 is 2.67 bits per heavy atom. The molecule has 0 aliphatic heterocycles. The maximum absolute atomic E-state index is 11.9. The summed E-state index contributed by atoms with van der Waals surface area (Å²) in [5.74, 6) is 0.195. The van der Waals surface area contributed by atoms with E-state index in [-0.39, 0.29) is 5.97 Å². The molecule has 0 heterocycles. The average Bonchev–Trinajstić information content (AvgIpc) is 2.88.